The van der Waals surface area contributed by atoms with Crippen molar-refractivity contribution in [3.8, 4) is 0 Å². The van der Waals surface area contributed by atoms with E-state index in [4.69, 9.17) is 4.52 Å². The second-order valence-corrected chi connectivity index (χ2v) is 4.32. The van der Waals surface area contributed by atoms with Gasteiger partial charge in [0, 0.05) is 31.4 Å². The van der Waals surface area contributed by atoms with Crippen LogP contribution in [0.2, 0.25) is 0 Å². The van der Waals surface area contributed by atoms with Crippen molar-refractivity contribution in [1.82, 2.24) is 20.3 Å². The van der Waals surface area contributed by atoms with Crippen molar-refractivity contribution < 1.29 is 4.52 Å². The first-order valence-corrected chi connectivity index (χ1v) is 5.72. The van der Waals surface area contributed by atoms with E-state index in [0.29, 0.717) is 0 Å². The van der Waals surface area contributed by atoms with Crippen molar-refractivity contribution in [2.75, 3.05) is 0 Å². The molecule has 0 radical (unpaired) electrons. The summed E-state index contributed by atoms with van der Waals surface area (Å²) in [4.78, 5) is 0. The molecule has 1 unspecified atom stereocenters. The van der Waals surface area contributed by atoms with Crippen LogP contribution in [0.1, 0.15) is 35.7 Å². The Hall–Kier alpha value is -1.62. The van der Waals surface area contributed by atoms with Gasteiger partial charge in [0.15, 0.2) is 0 Å². The van der Waals surface area contributed by atoms with Gasteiger partial charge in [-0.2, -0.15) is 5.10 Å². The average molecular weight is 234 g/mol. The molecule has 2 heterocycles. The van der Waals surface area contributed by atoms with Gasteiger partial charge < -0.3 is 9.84 Å². The van der Waals surface area contributed by atoms with Crippen molar-refractivity contribution in [2.24, 2.45) is 7.05 Å². The molecule has 92 valence electrons. The lowest BCUT2D eigenvalue weighted by Crippen LogP contribution is -2.19. The molecule has 5 heteroatoms. The Kier molecular flexibility index (Phi) is 3.28. The molecule has 0 saturated heterocycles. The third-order valence-electron chi connectivity index (χ3n) is 2.88. The van der Waals surface area contributed by atoms with Crippen molar-refractivity contribution >= 4 is 0 Å². The predicted octanol–water partition coefficient (Wildman–Crippen LogP) is 1.88. The summed E-state index contributed by atoms with van der Waals surface area (Å²) in [6.07, 6.45) is 1.94. The molecule has 2 aromatic heterocycles. The Bertz CT molecular complexity index is 481. The predicted molar refractivity (Wildman–Crippen MR) is 64.4 cm³/mol. The Labute approximate surface area is 101 Å². The molecule has 0 aromatic carbocycles. The van der Waals surface area contributed by atoms with Crippen molar-refractivity contribution in [1.29, 1.82) is 0 Å². The minimum absolute atomic E-state index is 0.211. The minimum atomic E-state index is 0.211. The summed E-state index contributed by atoms with van der Waals surface area (Å²) >= 11 is 0. The van der Waals surface area contributed by atoms with Crippen LogP contribution in [-0.4, -0.2) is 14.9 Å². The van der Waals surface area contributed by atoms with Crippen molar-refractivity contribution in [3.63, 3.8) is 0 Å². The number of rotatable bonds is 4. The van der Waals surface area contributed by atoms with Gasteiger partial charge in [-0.05, 0) is 26.8 Å². The van der Waals surface area contributed by atoms with Crippen LogP contribution < -0.4 is 5.32 Å². The van der Waals surface area contributed by atoms with Crippen LogP contribution in [0.5, 0.6) is 0 Å². The Morgan fingerprint density at radius 2 is 2.24 bits per heavy atom. The van der Waals surface area contributed by atoms with E-state index in [1.165, 1.54) is 0 Å². The summed E-state index contributed by atoms with van der Waals surface area (Å²) in [7, 11) is 1.92. The number of hydrogen-bond acceptors (Lipinski definition) is 4. The molecule has 1 N–H and O–H groups in total. The fourth-order valence-corrected chi connectivity index (χ4v) is 2.03. The summed E-state index contributed by atoms with van der Waals surface area (Å²) in [6.45, 7) is 6.75. The standard InChI is InChI=1S/C12H18N4O/c1-8(12-9(2)15-17-10(12)3)13-7-11-5-6-16(4)14-11/h5-6,8,13H,7H2,1-4H3. The first-order chi connectivity index (χ1) is 8.08. The van der Waals surface area contributed by atoms with Gasteiger partial charge in [0.1, 0.15) is 5.76 Å². The van der Waals surface area contributed by atoms with E-state index in [9.17, 15) is 0 Å². The largest absolute Gasteiger partial charge is 0.361 e. The molecule has 0 aliphatic heterocycles. The molecule has 1 atom stereocenters. The van der Waals surface area contributed by atoms with Crippen LogP contribution in [0.3, 0.4) is 0 Å². The zero-order chi connectivity index (χ0) is 12.4. The molecule has 17 heavy (non-hydrogen) atoms. The summed E-state index contributed by atoms with van der Waals surface area (Å²) in [5.74, 6) is 0.878. The lowest BCUT2D eigenvalue weighted by Gasteiger charge is -2.12. The molecule has 0 amide bonds. The molecule has 0 saturated carbocycles. The quantitative estimate of drug-likeness (QED) is 0.877. The zero-order valence-electron chi connectivity index (χ0n) is 10.7. The summed E-state index contributed by atoms with van der Waals surface area (Å²) in [5, 5.41) is 11.7. The topological polar surface area (TPSA) is 55.9 Å². The Balaban J connectivity index is 2.00. The average Bonchev–Trinajstić information content (AvgIpc) is 2.83. The van der Waals surface area contributed by atoms with Crippen LogP contribution in [-0.2, 0) is 13.6 Å². The fourth-order valence-electron chi connectivity index (χ4n) is 2.03. The highest BCUT2D eigenvalue weighted by molar-refractivity contribution is 5.24. The third kappa shape index (κ3) is 2.55. The number of nitrogens with zero attached hydrogens (tertiary/aromatic N) is 3. The SMILES string of the molecule is Cc1noc(C)c1C(C)NCc1ccn(C)n1. The highest BCUT2D eigenvalue weighted by Gasteiger charge is 2.15. The molecule has 2 rings (SSSR count). The highest BCUT2D eigenvalue weighted by Crippen LogP contribution is 2.20. The van der Waals surface area contributed by atoms with Crippen LogP contribution in [0, 0.1) is 13.8 Å². The van der Waals surface area contributed by atoms with E-state index < -0.39 is 0 Å². The number of aromatic nitrogens is 3. The highest BCUT2D eigenvalue weighted by atomic mass is 16.5. The maximum atomic E-state index is 5.16. The van der Waals surface area contributed by atoms with Gasteiger partial charge in [0.25, 0.3) is 0 Å². The van der Waals surface area contributed by atoms with Gasteiger partial charge in [0.2, 0.25) is 0 Å². The number of aryl methyl sites for hydroxylation is 3. The molecule has 0 spiro atoms. The van der Waals surface area contributed by atoms with E-state index in [-0.39, 0.29) is 6.04 Å². The van der Waals surface area contributed by atoms with Gasteiger partial charge >= 0.3 is 0 Å². The van der Waals surface area contributed by atoms with Crippen LogP contribution in [0.25, 0.3) is 0 Å². The van der Waals surface area contributed by atoms with E-state index in [2.05, 4.69) is 22.5 Å². The fraction of sp³-hybridized carbons (Fsp3) is 0.500. The van der Waals surface area contributed by atoms with E-state index in [1.54, 1.807) is 4.68 Å². The molecule has 0 aliphatic rings. The summed E-state index contributed by atoms with van der Waals surface area (Å²) < 4.78 is 6.97. The molecule has 0 bridgehead atoms. The minimum Gasteiger partial charge on any atom is -0.361 e. The maximum absolute atomic E-state index is 5.16. The van der Waals surface area contributed by atoms with E-state index >= 15 is 0 Å². The Morgan fingerprint density at radius 3 is 2.76 bits per heavy atom. The van der Waals surface area contributed by atoms with Crippen molar-refractivity contribution in [3.05, 3.63) is 35.0 Å². The van der Waals surface area contributed by atoms with Crippen molar-refractivity contribution in [2.45, 2.75) is 33.4 Å². The van der Waals surface area contributed by atoms with E-state index in [0.717, 1.165) is 29.3 Å². The van der Waals surface area contributed by atoms with Gasteiger partial charge in [-0.1, -0.05) is 5.16 Å². The van der Waals surface area contributed by atoms with Gasteiger partial charge in [0.05, 0.1) is 11.4 Å². The molecule has 0 fully saturated rings. The second kappa shape index (κ2) is 4.71. The lowest BCUT2D eigenvalue weighted by atomic mass is 10.1. The summed E-state index contributed by atoms with van der Waals surface area (Å²) in [5.41, 5.74) is 3.12. The molecular formula is C12H18N4O. The summed E-state index contributed by atoms with van der Waals surface area (Å²) in [6, 6.07) is 2.22. The second-order valence-electron chi connectivity index (χ2n) is 4.32. The smallest absolute Gasteiger partial charge is 0.138 e. The van der Waals surface area contributed by atoms with Crippen LogP contribution in [0.15, 0.2) is 16.8 Å². The molecular weight excluding hydrogens is 216 g/mol. The van der Waals surface area contributed by atoms with Crippen LogP contribution >= 0.6 is 0 Å². The first kappa shape index (κ1) is 11.9. The van der Waals surface area contributed by atoms with Gasteiger partial charge in [-0.3, -0.25) is 4.68 Å². The first-order valence-electron chi connectivity index (χ1n) is 5.72. The number of hydrogen-bond donors (Lipinski definition) is 1. The molecule has 2 aromatic rings. The van der Waals surface area contributed by atoms with Gasteiger partial charge in [-0.15, -0.1) is 0 Å². The monoisotopic (exact) mass is 234 g/mol. The zero-order valence-corrected chi connectivity index (χ0v) is 10.7. The normalized spacial score (nSPS) is 12.9. The van der Waals surface area contributed by atoms with Crippen LogP contribution in [0.4, 0.5) is 0 Å². The lowest BCUT2D eigenvalue weighted by molar-refractivity contribution is 0.390. The molecule has 5 nitrogen and oxygen atoms in total. The third-order valence-corrected chi connectivity index (χ3v) is 2.88. The van der Waals surface area contributed by atoms with E-state index in [1.807, 2.05) is 33.2 Å². The van der Waals surface area contributed by atoms with Gasteiger partial charge in [-0.25, -0.2) is 0 Å². The molecule has 0 aliphatic carbocycles. The Morgan fingerprint density at radius 1 is 1.47 bits per heavy atom. The number of nitrogens with one attached hydrogen (secondary N) is 1. The maximum Gasteiger partial charge on any atom is 0.138 e.